The maximum Gasteiger partial charge on any atom is 0.416 e. The minimum atomic E-state index is -4.95. The molecule has 2 aliphatic rings. The lowest BCUT2D eigenvalue weighted by molar-refractivity contribution is -0.143. The number of carbonyl (C=O) groups excluding carboxylic acids is 2. The van der Waals surface area contributed by atoms with Crippen molar-refractivity contribution in [2.45, 2.75) is 76.0 Å². The van der Waals surface area contributed by atoms with E-state index in [0.29, 0.717) is 41.3 Å². The fourth-order valence-corrected chi connectivity index (χ4v) is 7.36. The molecule has 4 aromatic carbocycles. The Kier molecular flexibility index (Phi) is 11.3. The van der Waals surface area contributed by atoms with Gasteiger partial charge in [0.05, 0.1) is 23.6 Å². The lowest BCUT2D eigenvalue weighted by Crippen LogP contribution is -2.48. The molecule has 0 aromatic heterocycles. The minimum Gasteiger partial charge on any atom is -0.489 e. The molecule has 0 radical (unpaired) electrons. The molecule has 1 aliphatic carbocycles. The van der Waals surface area contributed by atoms with Crippen LogP contribution in [0.5, 0.6) is 5.75 Å². The van der Waals surface area contributed by atoms with E-state index in [-0.39, 0.29) is 30.5 Å². The molecular formula is C41H38F6N2O5. The van der Waals surface area contributed by atoms with Crippen LogP contribution in [0.3, 0.4) is 0 Å². The molecule has 13 heteroatoms. The highest BCUT2D eigenvalue weighted by atomic mass is 19.4. The van der Waals surface area contributed by atoms with Crippen LogP contribution in [-0.4, -0.2) is 34.3 Å². The number of fused-ring (bicyclic) bond motifs is 1. The second kappa shape index (κ2) is 16.0. The Bertz CT molecular complexity index is 1970. The van der Waals surface area contributed by atoms with Crippen molar-refractivity contribution in [3.8, 4) is 16.9 Å². The molecule has 1 saturated carbocycles. The molecule has 0 bridgehead atoms. The maximum absolute atomic E-state index is 14.4. The van der Waals surface area contributed by atoms with Crippen molar-refractivity contribution in [3.63, 3.8) is 0 Å². The number of alkyl halides is 6. The van der Waals surface area contributed by atoms with Crippen LogP contribution in [0.15, 0.2) is 91.0 Å². The van der Waals surface area contributed by atoms with Crippen LogP contribution in [0.2, 0.25) is 0 Å². The third-order valence-electron chi connectivity index (χ3n) is 10.1. The van der Waals surface area contributed by atoms with Gasteiger partial charge in [0, 0.05) is 18.5 Å². The first-order valence-electron chi connectivity index (χ1n) is 17.7. The molecule has 54 heavy (non-hydrogen) atoms. The number of nitrogens with zero attached hydrogens (tertiary/aromatic N) is 1. The average molecular weight is 753 g/mol. The van der Waals surface area contributed by atoms with Crippen molar-refractivity contribution in [2.24, 2.45) is 5.92 Å². The average Bonchev–Trinajstić information content (AvgIpc) is 3.65. The summed E-state index contributed by atoms with van der Waals surface area (Å²) in [6.45, 7) is -0.677. The van der Waals surface area contributed by atoms with Crippen molar-refractivity contribution >= 4 is 17.8 Å². The highest BCUT2D eigenvalue weighted by molar-refractivity contribution is 5.90. The lowest BCUT2D eigenvalue weighted by atomic mass is 9.90. The monoisotopic (exact) mass is 752 g/mol. The Hall–Kier alpha value is -5.33. The highest BCUT2D eigenvalue weighted by Crippen LogP contribution is 2.39. The van der Waals surface area contributed by atoms with Crippen LogP contribution in [0.1, 0.15) is 84.0 Å². The SMILES string of the molecule is O=C(O)CC(NC(=O)C1c2cc(OCc3cc(C(F)(F)F)ccc3C(F)(F)F)ccc2CCN1C(=O)CC1CCCC1)c1ccc(-c2ccccc2)cc1. The predicted octanol–water partition coefficient (Wildman–Crippen LogP) is 9.31. The number of amides is 2. The molecule has 4 aromatic rings. The van der Waals surface area contributed by atoms with Gasteiger partial charge in [-0.15, -0.1) is 0 Å². The van der Waals surface area contributed by atoms with Crippen LogP contribution < -0.4 is 10.1 Å². The molecule has 0 saturated heterocycles. The van der Waals surface area contributed by atoms with E-state index in [0.717, 1.165) is 36.8 Å². The summed E-state index contributed by atoms with van der Waals surface area (Å²) in [5.74, 6) is -1.98. The minimum absolute atomic E-state index is 0.0271. The summed E-state index contributed by atoms with van der Waals surface area (Å²) in [5.41, 5.74) is 0.0444. The molecule has 7 nitrogen and oxygen atoms in total. The number of ether oxygens (including phenoxy) is 1. The van der Waals surface area contributed by atoms with Gasteiger partial charge in [0.25, 0.3) is 0 Å². The van der Waals surface area contributed by atoms with Gasteiger partial charge in [-0.3, -0.25) is 14.4 Å². The summed E-state index contributed by atoms with van der Waals surface area (Å²) < 4.78 is 87.3. The third kappa shape index (κ3) is 9.06. The molecule has 0 spiro atoms. The van der Waals surface area contributed by atoms with Crippen LogP contribution in [-0.2, 0) is 39.8 Å². The highest BCUT2D eigenvalue weighted by Gasteiger charge is 2.39. The van der Waals surface area contributed by atoms with E-state index >= 15 is 0 Å². The van der Waals surface area contributed by atoms with Crippen LogP contribution in [0.25, 0.3) is 11.1 Å². The zero-order valence-corrected chi connectivity index (χ0v) is 29.1. The number of carboxylic acid groups (broad SMARTS) is 1. The Morgan fingerprint density at radius 1 is 0.833 bits per heavy atom. The van der Waals surface area contributed by atoms with E-state index in [9.17, 15) is 45.8 Å². The summed E-state index contributed by atoms with van der Waals surface area (Å²) in [4.78, 5) is 41.7. The van der Waals surface area contributed by atoms with Crippen LogP contribution >= 0.6 is 0 Å². The van der Waals surface area contributed by atoms with Crippen molar-refractivity contribution in [1.82, 2.24) is 10.2 Å². The number of benzene rings is 4. The first-order chi connectivity index (χ1) is 25.7. The molecule has 1 heterocycles. The number of hydrogen-bond acceptors (Lipinski definition) is 4. The largest absolute Gasteiger partial charge is 0.489 e. The number of hydrogen-bond donors (Lipinski definition) is 2. The van der Waals surface area contributed by atoms with Crippen molar-refractivity contribution in [2.75, 3.05) is 6.54 Å². The Morgan fingerprint density at radius 2 is 1.52 bits per heavy atom. The van der Waals surface area contributed by atoms with Crippen LogP contribution in [0.4, 0.5) is 26.3 Å². The second-order valence-corrected chi connectivity index (χ2v) is 13.8. The van der Waals surface area contributed by atoms with Gasteiger partial charge >= 0.3 is 18.3 Å². The second-order valence-electron chi connectivity index (χ2n) is 13.8. The summed E-state index contributed by atoms with van der Waals surface area (Å²) in [6, 6.07) is 20.0. The first-order valence-corrected chi connectivity index (χ1v) is 17.7. The Labute approximate surface area is 307 Å². The number of aliphatic carboxylic acids is 1. The maximum atomic E-state index is 14.4. The predicted molar refractivity (Wildman–Crippen MR) is 187 cm³/mol. The Morgan fingerprint density at radius 3 is 2.17 bits per heavy atom. The normalized spacial score (nSPS) is 16.8. The third-order valence-corrected chi connectivity index (χ3v) is 10.1. The summed E-state index contributed by atoms with van der Waals surface area (Å²) in [5, 5.41) is 12.7. The van der Waals surface area contributed by atoms with Crippen LogP contribution in [0, 0.1) is 5.92 Å². The van der Waals surface area contributed by atoms with Gasteiger partial charge in [-0.25, -0.2) is 0 Å². The zero-order valence-electron chi connectivity index (χ0n) is 29.1. The van der Waals surface area contributed by atoms with E-state index in [4.69, 9.17) is 4.74 Å². The standard InChI is InChI=1S/C41H38F6N2O5/c42-40(43,44)31-15-17-34(41(45,46)47)30(21-31)24-54-32-16-14-28-18-19-49(36(50)20-25-6-4-5-7-25)38(33(28)22-32)39(53)48-35(23-37(51)52)29-12-10-27(11-13-29)26-8-2-1-3-9-26/h1-3,8-17,21-22,25,35,38H,4-7,18-20,23-24H2,(H,48,53)(H,51,52). The van der Waals surface area contributed by atoms with Crippen molar-refractivity contribution < 1.29 is 50.6 Å². The van der Waals surface area contributed by atoms with E-state index in [1.165, 1.54) is 17.0 Å². The fourth-order valence-electron chi connectivity index (χ4n) is 7.36. The fraction of sp³-hybridized carbons (Fsp3) is 0.341. The molecule has 6 rings (SSSR count). The van der Waals surface area contributed by atoms with E-state index in [1.807, 2.05) is 42.5 Å². The van der Waals surface area contributed by atoms with Gasteiger partial charge in [0.1, 0.15) is 18.4 Å². The number of halogens is 6. The number of nitrogens with one attached hydrogen (secondary N) is 1. The van der Waals surface area contributed by atoms with Gasteiger partial charge in [0.2, 0.25) is 11.8 Å². The number of carbonyl (C=O) groups is 3. The zero-order chi connectivity index (χ0) is 38.6. The van der Waals surface area contributed by atoms with E-state index in [2.05, 4.69) is 5.32 Å². The summed E-state index contributed by atoms with van der Waals surface area (Å²) in [6.07, 6.45) is -6.00. The summed E-state index contributed by atoms with van der Waals surface area (Å²) in [7, 11) is 0. The topological polar surface area (TPSA) is 95.9 Å². The van der Waals surface area contributed by atoms with E-state index in [1.54, 1.807) is 18.2 Å². The van der Waals surface area contributed by atoms with Gasteiger partial charge < -0.3 is 20.1 Å². The van der Waals surface area contributed by atoms with E-state index < -0.39 is 66.0 Å². The summed E-state index contributed by atoms with van der Waals surface area (Å²) >= 11 is 0. The molecule has 2 atom stereocenters. The smallest absolute Gasteiger partial charge is 0.416 e. The quantitative estimate of drug-likeness (QED) is 0.149. The molecule has 2 amide bonds. The first kappa shape index (κ1) is 38.4. The van der Waals surface area contributed by atoms with Crippen molar-refractivity contribution in [1.29, 1.82) is 0 Å². The van der Waals surface area contributed by atoms with Gasteiger partial charge in [-0.05, 0) is 83.3 Å². The molecular weight excluding hydrogens is 714 g/mol. The van der Waals surface area contributed by atoms with Crippen molar-refractivity contribution in [3.05, 3.63) is 124 Å². The molecule has 2 unspecified atom stereocenters. The number of carboxylic acids is 1. The Balaban J connectivity index is 1.31. The molecule has 1 aliphatic heterocycles. The molecule has 1 fully saturated rings. The van der Waals surface area contributed by atoms with Gasteiger partial charge in [-0.2, -0.15) is 26.3 Å². The van der Waals surface area contributed by atoms with Gasteiger partial charge in [-0.1, -0.05) is 73.5 Å². The van der Waals surface area contributed by atoms with Gasteiger partial charge in [0.15, 0.2) is 0 Å². The molecule has 2 N–H and O–H groups in total. The lowest BCUT2D eigenvalue weighted by Gasteiger charge is -2.38. The molecule has 284 valence electrons. The number of rotatable bonds is 11.